The molecular weight excluding hydrogens is 270 g/mol. The highest BCUT2D eigenvalue weighted by atomic mass is 16.2. The zero-order chi connectivity index (χ0) is 15.3. The fraction of sp³-hybridized carbons (Fsp3) is 0.350. The number of benzene rings is 2. The van der Waals surface area contributed by atoms with Gasteiger partial charge in [0.15, 0.2) is 0 Å². The Morgan fingerprint density at radius 1 is 1.09 bits per heavy atom. The van der Waals surface area contributed by atoms with E-state index in [-0.39, 0.29) is 5.91 Å². The lowest BCUT2D eigenvalue weighted by molar-refractivity contribution is 0.0721. The summed E-state index contributed by atoms with van der Waals surface area (Å²) in [5, 5.41) is 0. The van der Waals surface area contributed by atoms with Crippen LogP contribution in [0.2, 0.25) is 0 Å². The predicted octanol–water partition coefficient (Wildman–Crippen LogP) is 4.14. The number of piperidine rings is 1. The van der Waals surface area contributed by atoms with Gasteiger partial charge in [-0.05, 0) is 54.9 Å². The molecule has 1 aliphatic heterocycles. The van der Waals surface area contributed by atoms with Gasteiger partial charge in [-0.25, -0.2) is 0 Å². The number of nitrogens with zero attached hydrogens (tertiary/aromatic N) is 1. The smallest absolute Gasteiger partial charge is 0.254 e. The molecule has 0 aromatic heterocycles. The maximum absolute atomic E-state index is 13.1. The van der Waals surface area contributed by atoms with Crippen LogP contribution in [0.5, 0.6) is 0 Å². The molecule has 0 bridgehead atoms. The summed E-state index contributed by atoms with van der Waals surface area (Å²) in [5.41, 5.74) is 4.22. The maximum atomic E-state index is 13.1. The first-order valence-corrected chi connectivity index (χ1v) is 8.13. The second-order valence-electron chi connectivity index (χ2n) is 6.72. The second kappa shape index (κ2) is 4.98. The van der Waals surface area contributed by atoms with Gasteiger partial charge in [-0.3, -0.25) is 4.79 Å². The van der Waals surface area contributed by atoms with Crippen LogP contribution in [0.3, 0.4) is 0 Å². The third-order valence-corrected chi connectivity index (χ3v) is 5.35. The van der Waals surface area contributed by atoms with Crippen molar-refractivity contribution in [3.05, 3.63) is 59.7 Å². The minimum Gasteiger partial charge on any atom is -0.335 e. The molecule has 1 aliphatic carbocycles. The van der Waals surface area contributed by atoms with E-state index in [0.29, 0.717) is 6.04 Å². The summed E-state index contributed by atoms with van der Waals surface area (Å²) in [4.78, 5) is 15.2. The van der Waals surface area contributed by atoms with Crippen LogP contribution >= 0.6 is 0 Å². The maximum Gasteiger partial charge on any atom is 0.254 e. The van der Waals surface area contributed by atoms with Crippen molar-refractivity contribution >= 4 is 5.91 Å². The Kier molecular flexibility index (Phi) is 3.07. The van der Waals surface area contributed by atoms with Gasteiger partial charge in [0, 0.05) is 18.2 Å². The van der Waals surface area contributed by atoms with Crippen molar-refractivity contribution in [1.29, 1.82) is 0 Å². The molecular formula is C20H21NO. The van der Waals surface area contributed by atoms with Gasteiger partial charge in [0.05, 0.1) is 0 Å². The van der Waals surface area contributed by atoms with Gasteiger partial charge in [0.1, 0.15) is 0 Å². The molecule has 0 spiro atoms. The number of hydrogen-bond acceptors (Lipinski definition) is 1. The van der Waals surface area contributed by atoms with Crippen LogP contribution in [0.1, 0.15) is 29.3 Å². The second-order valence-corrected chi connectivity index (χ2v) is 6.72. The Morgan fingerprint density at radius 3 is 2.55 bits per heavy atom. The van der Waals surface area contributed by atoms with Gasteiger partial charge < -0.3 is 4.90 Å². The lowest BCUT2D eigenvalue weighted by Gasteiger charge is -2.26. The molecule has 1 heterocycles. The van der Waals surface area contributed by atoms with Crippen LogP contribution < -0.4 is 0 Å². The van der Waals surface area contributed by atoms with Crippen LogP contribution in [0.25, 0.3) is 11.1 Å². The molecule has 2 heteroatoms. The molecule has 2 fully saturated rings. The predicted molar refractivity (Wildman–Crippen MR) is 88.7 cm³/mol. The fourth-order valence-electron chi connectivity index (χ4n) is 3.98. The Bertz CT molecular complexity index is 722. The summed E-state index contributed by atoms with van der Waals surface area (Å²) in [7, 11) is 0. The molecule has 1 amide bonds. The highest BCUT2D eigenvalue weighted by molar-refractivity contribution is 6.02. The molecule has 22 heavy (non-hydrogen) atoms. The first-order valence-electron chi connectivity index (χ1n) is 8.13. The van der Waals surface area contributed by atoms with E-state index in [4.69, 9.17) is 0 Å². The fourth-order valence-corrected chi connectivity index (χ4v) is 3.98. The van der Waals surface area contributed by atoms with E-state index < -0.39 is 0 Å². The van der Waals surface area contributed by atoms with Crippen LogP contribution in [-0.4, -0.2) is 23.4 Å². The van der Waals surface area contributed by atoms with E-state index in [1.807, 2.05) is 30.3 Å². The summed E-state index contributed by atoms with van der Waals surface area (Å²) in [6.07, 6.45) is 1.31. The number of carbonyl (C=O) groups is 1. The summed E-state index contributed by atoms with van der Waals surface area (Å²) in [5.74, 6) is 1.69. The molecule has 2 aromatic carbocycles. The van der Waals surface area contributed by atoms with Crippen molar-refractivity contribution < 1.29 is 4.79 Å². The van der Waals surface area contributed by atoms with E-state index in [9.17, 15) is 4.79 Å². The Morgan fingerprint density at radius 2 is 1.86 bits per heavy atom. The van der Waals surface area contributed by atoms with Gasteiger partial charge >= 0.3 is 0 Å². The topological polar surface area (TPSA) is 20.3 Å². The van der Waals surface area contributed by atoms with Crippen LogP contribution in [0, 0.1) is 18.8 Å². The Balaban J connectivity index is 1.76. The quantitative estimate of drug-likeness (QED) is 0.814. The number of likely N-dealkylation sites (tertiary alicyclic amines) is 1. The zero-order valence-electron chi connectivity index (χ0n) is 13.1. The SMILES string of the molecule is Cc1cccc(C(=O)N2C[C@H]3C[C@H]3[C@@H]2C)c1-c1ccccc1. The third kappa shape index (κ3) is 2.06. The Hall–Kier alpha value is -2.09. The van der Waals surface area contributed by atoms with Crippen molar-refractivity contribution in [1.82, 2.24) is 4.90 Å². The molecule has 112 valence electrons. The summed E-state index contributed by atoms with van der Waals surface area (Å²) >= 11 is 0. The van der Waals surface area contributed by atoms with Crippen molar-refractivity contribution in [2.45, 2.75) is 26.3 Å². The number of amides is 1. The average Bonchev–Trinajstić information content (AvgIpc) is 3.25. The van der Waals surface area contributed by atoms with Gasteiger partial charge in [0.25, 0.3) is 5.91 Å². The molecule has 1 saturated heterocycles. The zero-order valence-corrected chi connectivity index (χ0v) is 13.1. The summed E-state index contributed by atoms with van der Waals surface area (Å²) in [6.45, 7) is 5.23. The molecule has 2 aromatic rings. The van der Waals surface area contributed by atoms with Crippen molar-refractivity contribution in [2.75, 3.05) is 6.54 Å². The minimum atomic E-state index is 0.197. The molecule has 4 rings (SSSR count). The number of fused-ring (bicyclic) bond motifs is 1. The first-order chi connectivity index (χ1) is 10.7. The summed E-state index contributed by atoms with van der Waals surface area (Å²) in [6, 6.07) is 16.7. The van der Waals surface area contributed by atoms with Gasteiger partial charge in [-0.15, -0.1) is 0 Å². The average molecular weight is 291 g/mol. The lowest BCUT2D eigenvalue weighted by Crippen LogP contribution is -2.36. The van der Waals surface area contributed by atoms with Crippen LogP contribution in [0.4, 0.5) is 0 Å². The molecule has 1 saturated carbocycles. The number of aryl methyl sites for hydroxylation is 1. The van der Waals surface area contributed by atoms with Crippen LogP contribution in [0.15, 0.2) is 48.5 Å². The standard InChI is InChI=1S/C20H21NO/c1-13-7-6-10-17(19(13)15-8-4-3-5-9-15)20(22)21-12-16-11-18(16)14(21)2/h3-10,14,16,18H,11-12H2,1-2H3/t14-,16+,18-/m0/s1. The van der Waals surface area contributed by atoms with Gasteiger partial charge in [0.2, 0.25) is 0 Å². The van der Waals surface area contributed by atoms with Crippen molar-refractivity contribution in [2.24, 2.45) is 11.8 Å². The number of carbonyl (C=O) groups excluding carboxylic acids is 1. The van der Waals surface area contributed by atoms with E-state index in [2.05, 4.69) is 36.9 Å². The molecule has 0 unspecified atom stereocenters. The molecule has 0 radical (unpaired) electrons. The van der Waals surface area contributed by atoms with Gasteiger partial charge in [-0.2, -0.15) is 0 Å². The minimum absolute atomic E-state index is 0.197. The van der Waals surface area contributed by atoms with Crippen LogP contribution in [-0.2, 0) is 0 Å². The third-order valence-electron chi connectivity index (χ3n) is 5.35. The van der Waals surface area contributed by atoms with E-state index >= 15 is 0 Å². The first kappa shape index (κ1) is 13.6. The highest BCUT2D eigenvalue weighted by Crippen LogP contribution is 2.49. The molecule has 0 N–H and O–H groups in total. The van der Waals surface area contributed by atoms with Crippen molar-refractivity contribution in [3.63, 3.8) is 0 Å². The highest BCUT2D eigenvalue weighted by Gasteiger charge is 2.52. The van der Waals surface area contributed by atoms with E-state index in [1.165, 1.54) is 6.42 Å². The molecule has 3 atom stereocenters. The Labute approximate surface area is 131 Å². The van der Waals surface area contributed by atoms with E-state index in [0.717, 1.165) is 40.6 Å². The summed E-state index contributed by atoms with van der Waals surface area (Å²) < 4.78 is 0. The monoisotopic (exact) mass is 291 g/mol. The largest absolute Gasteiger partial charge is 0.335 e. The molecule has 2 aliphatic rings. The lowest BCUT2D eigenvalue weighted by atomic mass is 9.94. The molecule has 2 nitrogen and oxygen atoms in total. The van der Waals surface area contributed by atoms with E-state index in [1.54, 1.807) is 0 Å². The van der Waals surface area contributed by atoms with Crippen molar-refractivity contribution in [3.8, 4) is 11.1 Å². The van der Waals surface area contributed by atoms with Gasteiger partial charge in [-0.1, -0.05) is 42.5 Å². The number of hydrogen-bond donors (Lipinski definition) is 0. The number of rotatable bonds is 2. The normalized spacial score (nSPS) is 25.9.